The molecule has 1 aliphatic heterocycles. The molecule has 6 nitrogen and oxygen atoms in total. The summed E-state index contributed by atoms with van der Waals surface area (Å²) in [5.74, 6) is 1.23. The lowest BCUT2D eigenvalue weighted by Gasteiger charge is -2.30. The maximum absolute atomic E-state index is 12.6. The molecule has 1 heterocycles. The molecule has 0 aromatic heterocycles. The number of piperidine rings is 1. The summed E-state index contributed by atoms with van der Waals surface area (Å²) in [6.07, 6.45) is 4.77. The van der Waals surface area contributed by atoms with Gasteiger partial charge in [-0.25, -0.2) is 0 Å². The van der Waals surface area contributed by atoms with E-state index in [4.69, 9.17) is 9.47 Å². The van der Waals surface area contributed by atoms with Crippen LogP contribution in [0, 0.1) is 5.92 Å². The number of methoxy groups -OCH3 is 2. The van der Waals surface area contributed by atoms with Crippen LogP contribution < -0.4 is 14.8 Å². The zero-order valence-electron chi connectivity index (χ0n) is 17.5. The van der Waals surface area contributed by atoms with E-state index in [0.29, 0.717) is 44.0 Å². The van der Waals surface area contributed by atoms with Crippen molar-refractivity contribution in [2.75, 3.05) is 27.3 Å². The number of carbonyl (C=O) groups excluding carboxylic acids is 2. The monoisotopic (exact) mass is 408 g/mol. The van der Waals surface area contributed by atoms with Gasteiger partial charge in [-0.2, -0.15) is 0 Å². The van der Waals surface area contributed by atoms with Crippen LogP contribution in [0.3, 0.4) is 0 Å². The molecule has 2 aromatic rings. The molecule has 1 fully saturated rings. The van der Waals surface area contributed by atoms with Crippen molar-refractivity contribution in [2.45, 2.75) is 19.4 Å². The molecule has 1 saturated heterocycles. The number of benzene rings is 2. The van der Waals surface area contributed by atoms with Crippen molar-refractivity contribution in [3.8, 4) is 11.5 Å². The van der Waals surface area contributed by atoms with Crippen LogP contribution in [0.1, 0.15) is 24.0 Å². The topological polar surface area (TPSA) is 67.9 Å². The second-order valence-corrected chi connectivity index (χ2v) is 7.25. The molecule has 1 N–H and O–H groups in total. The first-order chi connectivity index (χ1) is 14.6. The third-order valence-electron chi connectivity index (χ3n) is 5.31. The van der Waals surface area contributed by atoms with Crippen molar-refractivity contribution in [1.29, 1.82) is 0 Å². The fourth-order valence-electron chi connectivity index (χ4n) is 3.52. The van der Waals surface area contributed by atoms with Crippen LogP contribution in [0.15, 0.2) is 54.6 Å². The molecule has 0 atom stereocenters. The van der Waals surface area contributed by atoms with E-state index in [0.717, 1.165) is 11.1 Å². The van der Waals surface area contributed by atoms with Crippen LogP contribution in [0.5, 0.6) is 11.5 Å². The lowest BCUT2D eigenvalue weighted by Crippen LogP contribution is -2.42. The quantitative estimate of drug-likeness (QED) is 0.714. The molecule has 0 spiro atoms. The van der Waals surface area contributed by atoms with Crippen LogP contribution in [-0.2, 0) is 16.1 Å². The van der Waals surface area contributed by atoms with E-state index in [9.17, 15) is 9.59 Å². The fraction of sp³-hybridized carbons (Fsp3) is 0.333. The average Bonchev–Trinajstić information content (AvgIpc) is 2.81. The smallest absolute Gasteiger partial charge is 0.246 e. The van der Waals surface area contributed by atoms with Gasteiger partial charge >= 0.3 is 0 Å². The van der Waals surface area contributed by atoms with E-state index < -0.39 is 0 Å². The van der Waals surface area contributed by atoms with E-state index in [-0.39, 0.29) is 17.7 Å². The van der Waals surface area contributed by atoms with Crippen molar-refractivity contribution in [3.05, 3.63) is 65.7 Å². The normalized spacial score (nSPS) is 14.5. The molecule has 2 amide bonds. The summed E-state index contributed by atoms with van der Waals surface area (Å²) in [7, 11) is 3.18. The Bertz CT molecular complexity index is 887. The highest BCUT2D eigenvalue weighted by Crippen LogP contribution is 2.27. The lowest BCUT2D eigenvalue weighted by molar-refractivity contribution is -0.132. The van der Waals surface area contributed by atoms with Gasteiger partial charge < -0.3 is 19.7 Å². The molecule has 6 heteroatoms. The first kappa shape index (κ1) is 21.4. The number of hydrogen-bond acceptors (Lipinski definition) is 4. The van der Waals surface area contributed by atoms with Crippen LogP contribution in [0.2, 0.25) is 0 Å². The Morgan fingerprint density at radius 3 is 2.40 bits per heavy atom. The highest BCUT2D eigenvalue weighted by molar-refractivity contribution is 5.92. The van der Waals surface area contributed by atoms with Gasteiger partial charge in [-0.15, -0.1) is 0 Å². The summed E-state index contributed by atoms with van der Waals surface area (Å²) in [5.41, 5.74) is 1.94. The lowest BCUT2D eigenvalue weighted by atomic mass is 9.95. The predicted molar refractivity (Wildman–Crippen MR) is 116 cm³/mol. The van der Waals surface area contributed by atoms with Crippen molar-refractivity contribution >= 4 is 17.9 Å². The van der Waals surface area contributed by atoms with E-state index in [1.54, 1.807) is 25.2 Å². The zero-order valence-corrected chi connectivity index (χ0v) is 17.5. The average molecular weight is 408 g/mol. The van der Waals surface area contributed by atoms with Gasteiger partial charge in [-0.05, 0) is 42.2 Å². The van der Waals surface area contributed by atoms with Crippen molar-refractivity contribution in [1.82, 2.24) is 10.2 Å². The minimum absolute atomic E-state index is 0.0111. The van der Waals surface area contributed by atoms with Gasteiger partial charge in [0.25, 0.3) is 0 Å². The standard InChI is InChI=1S/C24H28N2O4/c1-29-21-10-8-19(16-22(21)30-2)17-25-24(28)20-12-14-26(15-13-20)23(27)11-9-18-6-4-3-5-7-18/h3-11,16,20H,12-15,17H2,1-2H3,(H,25,28)/b11-9+. The Morgan fingerprint density at radius 2 is 1.73 bits per heavy atom. The third-order valence-corrected chi connectivity index (χ3v) is 5.31. The number of likely N-dealkylation sites (tertiary alicyclic amines) is 1. The molecule has 158 valence electrons. The minimum Gasteiger partial charge on any atom is -0.493 e. The highest BCUT2D eigenvalue weighted by Gasteiger charge is 2.26. The Hall–Kier alpha value is -3.28. The van der Waals surface area contributed by atoms with Gasteiger partial charge in [0, 0.05) is 31.6 Å². The summed E-state index contributed by atoms with van der Waals surface area (Å²) in [6, 6.07) is 15.3. The second-order valence-electron chi connectivity index (χ2n) is 7.25. The van der Waals surface area contributed by atoms with Gasteiger partial charge in [0.05, 0.1) is 14.2 Å². The molecule has 0 unspecified atom stereocenters. The van der Waals surface area contributed by atoms with Gasteiger partial charge in [0.2, 0.25) is 11.8 Å². The zero-order chi connectivity index (χ0) is 21.3. The van der Waals surface area contributed by atoms with Gasteiger partial charge in [-0.3, -0.25) is 9.59 Å². The molecule has 3 rings (SSSR count). The largest absolute Gasteiger partial charge is 0.493 e. The molecule has 0 aliphatic carbocycles. The van der Waals surface area contributed by atoms with E-state index in [2.05, 4.69) is 5.32 Å². The summed E-state index contributed by atoms with van der Waals surface area (Å²) in [5, 5.41) is 3.00. The summed E-state index contributed by atoms with van der Waals surface area (Å²) in [6.45, 7) is 1.61. The maximum atomic E-state index is 12.6. The molecular weight excluding hydrogens is 380 g/mol. The minimum atomic E-state index is -0.0766. The second kappa shape index (κ2) is 10.5. The first-order valence-corrected chi connectivity index (χ1v) is 10.1. The first-order valence-electron chi connectivity index (χ1n) is 10.1. The molecular formula is C24H28N2O4. The summed E-state index contributed by atoms with van der Waals surface area (Å²) >= 11 is 0. The molecule has 30 heavy (non-hydrogen) atoms. The predicted octanol–water partition coefficient (Wildman–Crippen LogP) is 3.27. The van der Waals surface area contributed by atoms with Gasteiger partial charge in [0.1, 0.15) is 0 Å². The maximum Gasteiger partial charge on any atom is 0.246 e. The summed E-state index contributed by atoms with van der Waals surface area (Å²) < 4.78 is 10.5. The van der Waals surface area contributed by atoms with E-state index >= 15 is 0 Å². The number of carbonyl (C=O) groups is 2. The van der Waals surface area contributed by atoms with Crippen LogP contribution >= 0.6 is 0 Å². The summed E-state index contributed by atoms with van der Waals surface area (Å²) in [4.78, 5) is 26.7. The number of amides is 2. The molecule has 0 saturated carbocycles. The Kier molecular flexibility index (Phi) is 7.49. The van der Waals surface area contributed by atoms with Crippen molar-refractivity contribution in [3.63, 3.8) is 0 Å². The van der Waals surface area contributed by atoms with Crippen LogP contribution in [-0.4, -0.2) is 44.0 Å². The Balaban J connectivity index is 1.46. The van der Waals surface area contributed by atoms with Crippen LogP contribution in [0.4, 0.5) is 0 Å². The number of nitrogens with one attached hydrogen (secondary N) is 1. The number of rotatable bonds is 7. The van der Waals surface area contributed by atoms with Gasteiger partial charge in [-0.1, -0.05) is 36.4 Å². The Morgan fingerprint density at radius 1 is 1.03 bits per heavy atom. The highest BCUT2D eigenvalue weighted by atomic mass is 16.5. The number of nitrogens with zero attached hydrogens (tertiary/aromatic N) is 1. The van der Waals surface area contributed by atoms with Gasteiger partial charge in [0.15, 0.2) is 11.5 Å². The Labute approximate surface area is 177 Å². The molecule has 0 bridgehead atoms. The van der Waals surface area contributed by atoms with Crippen molar-refractivity contribution in [2.24, 2.45) is 5.92 Å². The molecule has 2 aromatic carbocycles. The third kappa shape index (κ3) is 5.63. The molecule has 0 radical (unpaired) electrons. The van der Waals surface area contributed by atoms with Crippen molar-refractivity contribution < 1.29 is 19.1 Å². The molecule has 1 aliphatic rings. The van der Waals surface area contributed by atoms with E-state index in [1.165, 1.54) is 0 Å². The van der Waals surface area contributed by atoms with E-state index in [1.807, 2.05) is 54.6 Å². The SMILES string of the molecule is COc1ccc(CNC(=O)C2CCN(C(=O)/C=C/c3ccccc3)CC2)cc1OC. The fourth-order valence-corrected chi connectivity index (χ4v) is 3.52. The number of ether oxygens (including phenoxy) is 2. The number of hydrogen-bond donors (Lipinski definition) is 1. The van der Waals surface area contributed by atoms with Crippen LogP contribution in [0.25, 0.3) is 6.08 Å².